The van der Waals surface area contributed by atoms with Gasteiger partial charge < -0.3 is 9.84 Å². The van der Waals surface area contributed by atoms with Crippen molar-refractivity contribution in [3.8, 4) is 6.07 Å². The highest BCUT2D eigenvalue weighted by Gasteiger charge is 2.37. The smallest absolute Gasteiger partial charge is 0.259 e. The Labute approximate surface area is 146 Å². The molecule has 0 saturated heterocycles. The van der Waals surface area contributed by atoms with Crippen molar-refractivity contribution < 1.29 is 9.32 Å². The Hall–Kier alpha value is -2.42. The zero-order valence-corrected chi connectivity index (χ0v) is 14.6. The van der Waals surface area contributed by atoms with Crippen molar-refractivity contribution in [2.24, 2.45) is 0 Å². The number of carbonyl (C=O) groups is 1. The molecule has 2 aromatic heterocycles. The third-order valence-electron chi connectivity index (χ3n) is 5.30. The van der Waals surface area contributed by atoms with Crippen molar-refractivity contribution in [3.05, 3.63) is 23.0 Å². The fourth-order valence-corrected chi connectivity index (χ4v) is 3.68. The molecule has 6 nitrogen and oxygen atoms in total. The molecular weight excluding hydrogens is 316 g/mol. The van der Waals surface area contributed by atoms with Crippen LogP contribution in [-0.2, 0) is 0 Å². The van der Waals surface area contributed by atoms with Crippen molar-refractivity contribution in [2.45, 2.75) is 69.7 Å². The summed E-state index contributed by atoms with van der Waals surface area (Å²) >= 11 is 0. The highest BCUT2D eigenvalue weighted by molar-refractivity contribution is 6.06. The van der Waals surface area contributed by atoms with E-state index in [2.05, 4.69) is 21.5 Å². The summed E-state index contributed by atoms with van der Waals surface area (Å²) in [5, 5.41) is 17.4. The fraction of sp³-hybridized carbons (Fsp3) is 0.579. The number of nitrogens with one attached hydrogen (secondary N) is 1. The minimum atomic E-state index is -0.748. The summed E-state index contributed by atoms with van der Waals surface area (Å²) in [5.41, 5.74) is 1.85. The van der Waals surface area contributed by atoms with Crippen LogP contribution >= 0.6 is 0 Å². The summed E-state index contributed by atoms with van der Waals surface area (Å²) < 4.78 is 5.44. The third kappa shape index (κ3) is 2.78. The van der Waals surface area contributed by atoms with Crippen LogP contribution in [0.2, 0.25) is 0 Å². The Morgan fingerprint density at radius 2 is 2.12 bits per heavy atom. The molecular formula is C19H22N4O2. The monoisotopic (exact) mass is 338 g/mol. The molecule has 25 heavy (non-hydrogen) atoms. The second-order valence-electron chi connectivity index (χ2n) is 7.63. The van der Waals surface area contributed by atoms with Gasteiger partial charge in [-0.2, -0.15) is 5.26 Å². The number of nitrogens with zero attached hydrogens (tertiary/aromatic N) is 3. The Balaban J connectivity index is 1.79. The van der Waals surface area contributed by atoms with E-state index in [0.29, 0.717) is 35.4 Å². The lowest BCUT2D eigenvalue weighted by molar-refractivity contribution is 0.0922. The van der Waals surface area contributed by atoms with Crippen molar-refractivity contribution >= 4 is 17.0 Å². The molecule has 0 atom stereocenters. The van der Waals surface area contributed by atoms with Crippen LogP contribution in [0.25, 0.3) is 11.1 Å². The van der Waals surface area contributed by atoms with Gasteiger partial charge in [0, 0.05) is 11.6 Å². The lowest BCUT2D eigenvalue weighted by Crippen LogP contribution is -2.45. The summed E-state index contributed by atoms with van der Waals surface area (Å²) in [6, 6.07) is 4.19. The number of pyridine rings is 1. The first-order chi connectivity index (χ1) is 12.0. The maximum Gasteiger partial charge on any atom is 0.259 e. The zero-order valence-electron chi connectivity index (χ0n) is 14.6. The molecule has 1 N–H and O–H groups in total. The first kappa shape index (κ1) is 16.1. The second-order valence-corrected chi connectivity index (χ2v) is 7.63. The van der Waals surface area contributed by atoms with E-state index in [1.54, 1.807) is 0 Å². The molecule has 2 heterocycles. The standard InChI is InChI=1S/C19H22N4O2/c1-11(2)16-15-13(17(24)22-19(10-20)7-3-4-8-19)9-14(12-5-6-12)21-18(15)25-23-16/h9,11-12H,3-8H2,1-2H3,(H,22,24). The minimum absolute atomic E-state index is 0.123. The maximum absolute atomic E-state index is 13.1. The Morgan fingerprint density at radius 3 is 2.72 bits per heavy atom. The number of amides is 1. The molecule has 2 aliphatic carbocycles. The van der Waals surface area contributed by atoms with Gasteiger partial charge in [0.2, 0.25) is 0 Å². The number of hydrogen-bond acceptors (Lipinski definition) is 5. The average Bonchev–Trinajstić information content (AvgIpc) is 3.19. The van der Waals surface area contributed by atoms with Gasteiger partial charge >= 0.3 is 0 Å². The van der Waals surface area contributed by atoms with Crippen LogP contribution < -0.4 is 5.32 Å². The number of carbonyl (C=O) groups excluding carboxylic acids is 1. The number of hydrogen-bond donors (Lipinski definition) is 1. The highest BCUT2D eigenvalue weighted by atomic mass is 16.5. The van der Waals surface area contributed by atoms with Gasteiger partial charge in [-0.1, -0.05) is 19.0 Å². The topological polar surface area (TPSA) is 91.8 Å². The number of rotatable bonds is 4. The average molecular weight is 338 g/mol. The van der Waals surface area contributed by atoms with E-state index in [1.165, 1.54) is 0 Å². The molecule has 4 rings (SSSR count). The van der Waals surface area contributed by atoms with Crippen LogP contribution in [0.4, 0.5) is 0 Å². The van der Waals surface area contributed by atoms with Crippen LogP contribution in [-0.4, -0.2) is 21.6 Å². The van der Waals surface area contributed by atoms with Crippen molar-refractivity contribution in [1.29, 1.82) is 5.26 Å². The molecule has 6 heteroatoms. The third-order valence-corrected chi connectivity index (χ3v) is 5.30. The van der Waals surface area contributed by atoms with E-state index >= 15 is 0 Å². The molecule has 2 saturated carbocycles. The minimum Gasteiger partial charge on any atom is -0.335 e. The summed E-state index contributed by atoms with van der Waals surface area (Å²) in [4.78, 5) is 17.7. The number of aromatic nitrogens is 2. The van der Waals surface area contributed by atoms with E-state index < -0.39 is 5.54 Å². The van der Waals surface area contributed by atoms with Crippen molar-refractivity contribution in [3.63, 3.8) is 0 Å². The number of nitriles is 1. The summed E-state index contributed by atoms with van der Waals surface area (Å²) in [6.45, 7) is 4.03. The predicted molar refractivity (Wildman–Crippen MR) is 92.1 cm³/mol. The summed E-state index contributed by atoms with van der Waals surface area (Å²) in [7, 11) is 0. The molecule has 0 radical (unpaired) electrons. The Kier molecular flexibility index (Phi) is 3.75. The predicted octanol–water partition coefficient (Wildman–Crippen LogP) is 3.79. The fourth-order valence-electron chi connectivity index (χ4n) is 3.68. The van der Waals surface area contributed by atoms with Gasteiger partial charge in [-0.3, -0.25) is 4.79 Å². The largest absolute Gasteiger partial charge is 0.335 e. The van der Waals surface area contributed by atoms with Gasteiger partial charge in [-0.15, -0.1) is 0 Å². The SMILES string of the molecule is CC(C)c1noc2nc(C3CC3)cc(C(=O)NC3(C#N)CCCC3)c12. The van der Waals surface area contributed by atoms with Gasteiger partial charge in [-0.05, 0) is 50.5 Å². The zero-order chi connectivity index (χ0) is 17.6. The van der Waals surface area contributed by atoms with E-state index in [4.69, 9.17) is 4.52 Å². The lowest BCUT2D eigenvalue weighted by atomic mass is 9.97. The molecule has 2 aromatic rings. The van der Waals surface area contributed by atoms with E-state index in [0.717, 1.165) is 37.1 Å². The maximum atomic E-state index is 13.1. The van der Waals surface area contributed by atoms with Gasteiger partial charge in [0.1, 0.15) is 5.54 Å². The number of fused-ring (bicyclic) bond motifs is 1. The normalized spacial score (nSPS) is 19.3. The van der Waals surface area contributed by atoms with Crippen LogP contribution in [0.3, 0.4) is 0 Å². The van der Waals surface area contributed by atoms with E-state index in [1.807, 2.05) is 19.9 Å². The van der Waals surface area contributed by atoms with Gasteiger partial charge in [-0.25, -0.2) is 4.98 Å². The van der Waals surface area contributed by atoms with Crippen molar-refractivity contribution in [2.75, 3.05) is 0 Å². The molecule has 130 valence electrons. The summed E-state index contributed by atoms with van der Waals surface area (Å²) in [5.74, 6) is 0.306. The first-order valence-corrected chi connectivity index (χ1v) is 9.07. The van der Waals surface area contributed by atoms with Crippen molar-refractivity contribution in [1.82, 2.24) is 15.5 Å². The molecule has 0 aromatic carbocycles. The van der Waals surface area contributed by atoms with Crippen LogP contribution in [0.15, 0.2) is 10.6 Å². The van der Waals surface area contributed by atoms with Gasteiger partial charge in [0.05, 0.1) is 22.7 Å². The molecule has 2 fully saturated rings. The molecule has 0 aliphatic heterocycles. The lowest BCUT2D eigenvalue weighted by Gasteiger charge is -2.22. The molecule has 0 spiro atoms. The molecule has 2 aliphatic rings. The van der Waals surface area contributed by atoms with Crippen LogP contribution in [0.5, 0.6) is 0 Å². The van der Waals surface area contributed by atoms with E-state index in [-0.39, 0.29) is 11.8 Å². The molecule has 0 unspecified atom stereocenters. The van der Waals surface area contributed by atoms with Crippen LogP contribution in [0, 0.1) is 11.3 Å². The Bertz CT molecular complexity index is 867. The van der Waals surface area contributed by atoms with Gasteiger partial charge in [0.15, 0.2) is 0 Å². The Morgan fingerprint density at radius 1 is 1.40 bits per heavy atom. The quantitative estimate of drug-likeness (QED) is 0.915. The molecule has 1 amide bonds. The second kappa shape index (κ2) is 5.83. The highest BCUT2D eigenvalue weighted by Crippen LogP contribution is 2.41. The first-order valence-electron chi connectivity index (χ1n) is 9.07. The van der Waals surface area contributed by atoms with E-state index in [9.17, 15) is 10.1 Å². The summed E-state index contributed by atoms with van der Waals surface area (Å²) in [6.07, 6.45) is 5.54. The molecule has 0 bridgehead atoms. The van der Waals surface area contributed by atoms with Crippen LogP contribution in [0.1, 0.15) is 86.0 Å². The van der Waals surface area contributed by atoms with Gasteiger partial charge in [0.25, 0.3) is 11.6 Å².